The van der Waals surface area contributed by atoms with Crippen molar-refractivity contribution in [3.63, 3.8) is 0 Å². The number of hydrogen-bond acceptors (Lipinski definition) is 4. The van der Waals surface area contributed by atoms with Crippen LogP contribution in [0.3, 0.4) is 0 Å². The van der Waals surface area contributed by atoms with E-state index in [0.29, 0.717) is 6.04 Å². The lowest BCUT2D eigenvalue weighted by Gasteiger charge is -2.48. The number of likely N-dealkylation sites (tertiary alicyclic amines) is 1. The van der Waals surface area contributed by atoms with Crippen LogP contribution in [0, 0.1) is 17.8 Å². The van der Waals surface area contributed by atoms with Gasteiger partial charge in [0.15, 0.2) is 0 Å². The quantitative estimate of drug-likeness (QED) is 0.715. The fourth-order valence-corrected chi connectivity index (χ4v) is 2.73. The van der Waals surface area contributed by atoms with Crippen molar-refractivity contribution in [3.8, 4) is 11.8 Å². The van der Waals surface area contributed by atoms with Crippen LogP contribution in [0.15, 0.2) is 24.7 Å². The molecule has 1 heterocycles. The third-order valence-corrected chi connectivity index (χ3v) is 4.22. The molecule has 1 amide bonds. The molecule has 1 fully saturated rings. The molecule has 0 aliphatic carbocycles. The van der Waals surface area contributed by atoms with E-state index in [-0.39, 0.29) is 17.9 Å². The van der Waals surface area contributed by atoms with Crippen LogP contribution in [0.5, 0.6) is 0 Å². The van der Waals surface area contributed by atoms with Crippen LogP contribution in [0.1, 0.15) is 20.8 Å². The second-order valence-corrected chi connectivity index (χ2v) is 6.11. The summed E-state index contributed by atoms with van der Waals surface area (Å²) in [4.78, 5) is 17.8. The number of allylic oxidation sites excluding steroid dienone is 1. The van der Waals surface area contributed by atoms with E-state index in [1.54, 1.807) is 6.92 Å². The molecule has 0 aromatic rings. The van der Waals surface area contributed by atoms with Crippen LogP contribution in [0.2, 0.25) is 0 Å². The largest absolute Gasteiger partial charge is 0.368 e. The molecule has 0 saturated carbocycles. The zero-order chi connectivity index (χ0) is 17.0. The van der Waals surface area contributed by atoms with Gasteiger partial charge in [0.2, 0.25) is 5.91 Å². The number of likely N-dealkylation sites (N-methyl/N-ethyl adjacent to an activating group) is 2. The first-order valence-electron chi connectivity index (χ1n) is 7.51. The summed E-state index contributed by atoms with van der Waals surface area (Å²) in [6.07, 6.45) is 0. The maximum absolute atomic E-state index is 11.7. The van der Waals surface area contributed by atoms with E-state index in [0.717, 1.165) is 24.6 Å². The summed E-state index contributed by atoms with van der Waals surface area (Å²) >= 11 is 0. The lowest BCUT2D eigenvalue weighted by Crippen LogP contribution is -2.59. The van der Waals surface area contributed by atoms with E-state index >= 15 is 0 Å². The third kappa shape index (κ3) is 3.76. The molecule has 1 saturated heterocycles. The molecule has 5 nitrogen and oxygen atoms in total. The van der Waals surface area contributed by atoms with Crippen LogP contribution >= 0.6 is 0 Å². The Morgan fingerprint density at radius 3 is 2.27 bits per heavy atom. The number of hydrogen-bond donors (Lipinski definition) is 1. The highest BCUT2D eigenvalue weighted by atomic mass is 16.1. The van der Waals surface area contributed by atoms with Crippen LogP contribution in [-0.4, -0.2) is 59.9 Å². The van der Waals surface area contributed by atoms with Crippen molar-refractivity contribution in [3.05, 3.63) is 24.7 Å². The van der Waals surface area contributed by atoms with E-state index in [2.05, 4.69) is 34.8 Å². The fraction of sp³-hybridized carbons (Fsp3) is 0.588. The number of primary amides is 1. The molecule has 1 rings (SSSR count). The average Bonchev–Trinajstić information content (AvgIpc) is 2.35. The summed E-state index contributed by atoms with van der Waals surface area (Å²) in [7, 11) is 3.86. The van der Waals surface area contributed by atoms with Crippen LogP contribution < -0.4 is 5.73 Å². The van der Waals surface area contributed by atoms with Crippen molar-refractivity contribution in [1.82, 2.24) is 14.7 Å². The molecule has 0 bridgehead atoms. The molecule has 1 aliphatic rings. The predicted octanol–water partition coefficient (Wildman–Crippen LogP) is 1.05. The third-order valence-electron chi connectivity index (χ3n) is 4.22. The minimum Gasteiger partial charge on any atom is -0.368 e. The molecule has 22 heavy (non-hydrogen) atoms. The summed E-state index contributed by atoms with van der Waals surface area (Å²) < 4.78 is 0. The van der Waals surface area contributed by atoms with E-state index in [4.69, 9.17) is 5.73 Å². The maximum Gasteiger partial charge on any atom is 0.240 e. The Labute approximate surface area is 134 Å². The van der Waals surface area contributed by atoms with Gasteiger partial charge in [0.1, 0.15) is 6.04 Å². The summed E-state index contributed by atoms with van der Waals surface area (Å²) in [5, 5.41) is 0. The average molecular weight is 304 g/mol. The first kappa shape index (κ1) is 18.0. The van der Waals surface area contributed by atoms with Gasteiger partial charge in [-0.3, -0.25) is 4.79 Å². The van der Waals surface area contributed by atoms with Gasteiger partial charge >= 0.3 is 0 Å². The molecule has 1 aliphatic heterocycles. The maximum atomic E-state index is 11.7. The zero-order valence-corrected chi connectivity index (χ0v) is 14.4. The van der Waals surface area contributed by atoms with Gasteiger partial charge < -0.3 is 20.4 Å². The van der Waals surface area contributed by atoms with E-state index in [1.165, 1.54) is 0 Å². The van der Waals surface area contributed by atoms with E-state index in [1.807, 2.05) is 32.8 Å². The fourth-order valence-electron chi connectivity index (χ4n) is 2.73. The Morgan fingerprint density at radius 2 is 1.86 bits per heavy atom. The number of nitrogens with zero attached hydrogens (tertiary/aromatic N) is 3. The van der Waals surface area contributed by atoms with Gasteiger partial charge in [0, 0.05) is 27.2 Å². The second kappa shape index (κ2) is 7.26. The smallest absolute Gasteiger partial charge is 0.240 e. The first-order chi connectivity index (χ1) is 10.2. The van der Waals surface area contributed by atoms with Crippen LogP contribution in [-0.2, 0) is 4.79 Å². The number of rotatable bonds is 7. The number of carbonyl (C=O) groups is 1. The van der Waals surface area contributed by atoms with Crippen LogP contribution in [0.25, 0.3) is 0 Å². The topological polar surface area (TPSA) is 52.8 Å². The van der Waals surface area contributed by atoms with Gasteiger partial charge in [-0.2, -0.15) is 0 Å². The molecule has 0 radical (unpaired) electrons. The Balaban J connectivity index is 2.64. The summed E-state index contributed by atoms with van der Waals surface area (Å²) in [5.41, 5.74) is 6.37. The molecule has 0 aromatic heterocycles. The van der Waals surface area contributed by atoms with Gasteiger partial charge in [-0.05, 0) is 12.8 Å². The first-order valence-corrected chi connectivity index (χ1v) is 7.51. The van der Waals surface area contributed by atoms with Gasteiger partial charge in [0.05, 0.1) is 17.6 Å². The van der Waals surface area contributed by atoms with Gasteiger partial charge in [-0.25, -0.2) is 0 Å². The van der Waals surface area contributed by atoms with Crippen molar-refractivity contribution >= 4 is 5.91 Å². The molecule has 122 valence electrons. The Morgan fingerprint density at radius 1 is 1.32 bits per heavy atom. The lowest BCUT2D eigenvalue weighted by molar-refractivity contribution is -0.124. The normalized spacial score (nSPS) is 15.5. The minimum atomic E-state index is -0.355. The Kier molecular flexibility index (Phi) is 5.92. The Hall–Kier alpha value is -2.09. The lowest BCUT2D eigenvalue weighted by atomic mass is 10.0. The zero-order valence-electron chi connectivity index (χ0n) is 14.4. The molecular formula is C17H28N4O. The molecule has 0 aromatic carbocycles. The molecular weight excluding hydrogens is 276 g/mol. The van der Waals surface area contributed by atoms with Gasteiger partial charge in [0.25, 0.3) is 0 Å². The van der Waals surface area contributed by atoms with Crippen molar-refractivity contribution in [2.24, 2.45) is 11.7 Å². The van der Waals surface area contributed by atoms with E-state index < -0.39 is 0 Å². The molecule has 1 unspecified atom stereocenters. The van der Waals surface area contributed by atoms with Crippen molar-refractivity contribution in [1.29, 1.82) is 0 Å². The van der Waals surface area contributed by atoms with Gasteiger partial charge in [-0.15, -0.1) is 0 Å². The standard InChI is InChI=1S/C17H28N4O/c1-8-9-13(4)21-10-15(11-21)19(6)14(5)20(7)16(12(2)3)17(18)22/h12,15-16H,4-5,10-11H2,1-3,6-7H3,(H2,18,22). The van der Waals surface area contributed by atoms with Gasteiger partial charge in [-0.1, -0.05) is 38.8 Å². The predicted molar refractivity (Wildman–Crippen MR) is 90.4 cm³/mol. The molecule has 2 N–H and O–H groups in total. The second-order valence-electron chi connectivity index (χ2n) is 6.11. The number of carbonyl (C=O) groups excluding carboxylic acids is 1. The molecule has 0 spiro atoms. The monoisotopic (exact) mass is 304 g/mol. The Bertz CT molecular complexity index is 508. The van der Waals surface area contributed by atoms with Crippen molar-refractivity contribution in [2.45, 2.75) is 32.9 Å². The highest BCUT2D eigenvalue weighted by Crippen LogP contribution is 2.23. The summed E-state index contributed by atoms with van der Waals surface area (Å²) in [6, 6.07) is -0.0157. The van der Waals surface area contributed by atoms with Crippen molar-refractivity contribution < 1.29 is 4.79 Å². The summed E-state index contributed by atoms with van der Waals surface area (Å²) in [6.45, 7) is 15.6. The SMILES string of the molecule is C=C(C#CC)N1CC(N(C)C(=C)N(C)C(C(N)=O)C(C)C)C1. The van der Waals surface area contributed by atoms with Crippen LogP contribution in [0.4, 0.5) is 0 Å². The number of amides is 1. The van der Waals surface area contributed by atoms with E-state index in [9.17, 15) is 4.79 Å². The molecule has 5 heteroatoms. The number of nitrogens with two attached hydrogens (primary N) is 1. The summed E-state index contributed by atoms with van der Waals surface area (Å²) in [5.74, 6) is 6.44. The molecule has 1 atom stereocenters. The highest BCUT2D eigenvalue weighted by molar-refractivity contribution is 5.80. The highest BCUT2D eigenvalue weighted by Gasteiger charge is 2.34. The minimum absolute atomic E-state index is 0.130. The van der Waals surface area contributed by atoms with Crippen molar-refractivity contribution in [2.75, 3.05) is 27.2 Å².